The molecule has 2 N–H and O–H groups in total. The zero-order valence-electron chi connectivity index (χ0n) is 13.1. The third-order valence-corrected chi connectivity index (χ3v) is 3.37. The molecule has 0 radical (unpaired) electrons. The fourth-order valence-corrected chi connectivity index (χ4v) is 2.18. The highest BCUT2D eigenvalue weighted by atomic mass is 35.5. The van der Waals surface area contributed by atoms with E-state index in [9.17, 15) is 4.79 Å². The van der Waals surface area contributed by atoms with Crippen molar-refractivity contribution in [3.8, 4) is 5.75 Å². The number of nitrogens with two attached hydrogens (primary N) is 1. The molecule has 0 atom stereocenters. The molecule has 5 heteroatoms. The number of carbonyl (C=O) groups is 1. The van der Waals surface area contributed by atoms with Crippen LogP contribution in [0.1, 0.15) is 5.56 Å². The molecule has 124 valence electrons. The van der Waals surface area contributed by atoms with Crippen molar-refractivity contribution in [1.82, 2.24) is 4.90 Å². The highest BCUT2D eigenvalue weighted by molar-refractivity contribution is 5.85. The van der Waals surface area contributed by atoms with E-state index in [-0.39, 0.29) is 24.9 Å². The molecular weight excluding hydrogens is 312 g/mol. The van der Waals surface area contributed by atoms with Gasteiger partial charge in [0.1, 0.15) is 5.75 Å². The van der Waals surface area contributed by atoms with Crippen LogP contribution < -0.4 is 10.5 Å². The third kappa shape index (κ3) is 6.72. The lowest BCUT2D eigenvalue weighted by molar-refractivity contribution is -0.133. The Balaban J connectivity index is 0.00000264. The molecule has 23 heavy (non-hydrogen) atoms. The number of hydrogen-bond donors (Lipinski definition) is 1. The van der Waals surface area contributed by atoms with E-state index in [1.54, 1.807) is 4.90 Å². The van der Waals surface area contributed by atoms with Crippen LogP contribution in [0.25, 0.3) is 0 Å². The van der Waals surface area contributed by atoms with E-state index in [1.165, 1.54) is 5.56 Å². The van der Waals surface area contributed by atoms with Crippen molar-refractivity contribution in [2.45, 2.75) is 6.42 Å². The van der Waals surface area contributed by atoms with Gasteiger partial charge in [-0.3, -0.25) is 4.79 Å². The summed E-state index contributed by atoms with van der Waals surface area (Å²) in [7, 11) is 0. The Kier molecular flexibility index (Phi) is 8.80. The number of amides is 1. The molecule has 2 aromatic carbocycles. The number of ether oxygens (including phenoxy) is 1. The molecule has 0 saturated heterocycles. The summed E-state index contributed by atoms with van der Waals surface area (Å²) in [5.74, 6) is 0.664. The average molecular weight is 335 g/mol. The standard InChI is InChI=1S/C18H22N2O2.ClH/c19-12-14-20(13-11-16-7-3-1-4-8-16)18(21)15-22-17-9-5-2-6-10-17;/h1-10H,11-15,19H2;1H. The van der Waals surface area contributed by atoms with Crippen molar-refractivity contribution in [2.75, 3.05) is 26.2 Å². The predicted molar refractivity (Wildman–Crippen MR) is 95.0 cm³/mol. The second-order valence-electron chi connectivity index (χ2n) is 5.01. The van der Waals surface area contributed by atoms with Gasteiger partial charge in [-0.2, -0.15) is 0 Å². The molecule has 0 aliphatic rings. The lowest BCUT2D eigenvalue weighted by atomic mass is 10.1. The molecule has 0 aliphatic carbocycles. The molecule has 1 amide bonds. The van der Waals surface area contributed by atoms with Crippen molar-refractivity contribution in [2.24, 2.45) is 5.73 Å². The topological polar surface area (TPSA) is 55.6 Å². The van der Waals surface area contributed by atoms with Crippen LogP contribution in [-0.4, -0.2) is 37.0 Å². The second-order valence-corrected chi connectivity index (χ2v) is 5.01. The Labute approximate surface area is 143 Å². The van der Waals surface area contributed by atoms with Crippen molar-refractivity contribution >= 4 is 18.3 Å². The molecule has 0 heterocycles. The number of hydrogen-bond acceptors (Lipinski definition) is 3. The van der Waals surface area contributed by atoms with Gasteiger partial charge in [-0.25, -0.2) is 0 Å². The van der Waals surface area contributed by atoms with Crippen LogP contribution in [0, 0.1) is 0 Å². The van der Waals surface area contributed by atoms with Crippen molar-refractivity contribution in [3.63, 3.8) is 0 Å². The van der Waals surface area contributed by atoms with Gasteiger partial charge >= 0.3 is 0 Å². The lowest BCUT2D eigenvalue weighted by Gasteiger charge is -2.22. The second kappa shape index (κ2) is 10.6. The molecule has 0 aromatic heterocycles. The molecule has 4 nitrogen and oxygen atoms in total. The van der Waals surface area contributed by atoms with Crippen LogP contribution in [-0.2, 0) is 11.2 Å². The van der Waals surface area contributed by atoms with Gasteiger partial charge in [0, 0.05) is 19.6 Å². The van der Waals surface area contributed by atoms with E-state index < -0.39 is 0 Å². The summed E-state index contributed by atoms with van der Waals surface area (Å²) in [6, 6.07) is 19.5. The first-order valence-electron chi connectivity index (χ1n) is 7.49. The van der Waals surface area contributed by atoms with Crippen molar-refractivity contribution < 1.29 is 9.53 Å². The van der Waals surface area contributed by atoms with Gasteiger partial charge < -0.3 is 15.4 Å². The van der Waals surface area contributed by atoms with Crippen LogP contribution in [0.2, 0.25) is 0 Å². The molecule has 2 aromatic rings. The fraction of sp³-hybridized carbons (Fsp3) is 0.278. The average Bonchev–Trinajstić information content (AvgIpc) is 2.58. The first-order chi connectivity index (χ1) is 10.8. The van der Waals surface area contributed by atoms with E-state index in [0.717, 1.165) is 6.42 Å². The van der Waals surface area contributed by atoms with E-state index in [0.29, 0.717) is 25.4 Å². The van der Waals surface area contributed by atoms with E-state index in [1.807, 2.05) is 48.5 Å². The minimum absolute atomic E-state index is 0. The van der Waals surface area contributed by atoms with E-state index in [4.69, 9.17) is 10.5 Å². The summed E-state index contributed by atoms with van der Waals surface area (Å²) in [6.45, 7) is 1.69. The molecule has 0 fully saturated rings. The van der Waals surface area contributed by atoms with Gasteiger partial charge in [0.15, 0.2) is 6.61 Å². The van der Waals surface area contributed by atoms with Gasteiger partial charge in [0.25, 0.3) is 5.91 Å². The maximum absolute atomic E-state index is 12.3. The van der Waals surface area contributed by atoms with Crippen LogP contribution in [0.5, 0.6) is 5.75 Å². The molecule has 0 saturated carbocycles. The highest BCUT2D eigenvalue weighted by Crippen LogP contribution is 2.08. The Bertz CT molecular complexity index is 564. The number of halogens is 1. The first kappa shape index (κ1) is 19.0. The van der Waals surface area contributed by atoms with E-state index in [2.05, 4.69) is 12.1 Å². The zero-order chi connectivity index (χ0) is 15.6. The maximum atomic E-state index is 12.3. The van der Waals surface area contributed by atoms with Crippen LogP contribution in [0.15, 0.2) is 60.7 Å². The number of para-hydroxylation sites is 1. The van der Waals surface area contributed by atoms with E-state index >= 15 is 0 Å². The fourth-order valence-electron chi connectivity index (χ4n) is 2.18. The number of benzene rings is 2. The summed E-state index contributed by atoms with van der Waals surface area (Å²) in [4.78, 5) is 14.0. The summed E-state index contributed by atoms with van der Waals surface area (Å²) >= 11 is 0. The highest BCUT2D eigenvalue weighted by Gasteiger charge is 2.13. The summed E-state index contributed by atoms with van der Waals surface area (Å²) in [5, 5.41) is 0. The quantitative estimate of drug-likeness (QED) is 0.807. The Morgan fingerprint density at radius 2 is 1.57 bits per heavy atom. The van der Waals surface area contributed by atoms with Crippen LogP contribution in [0.3, 0.4) is 0 Å². The molecule has 0 spiro atoms. The minimum Gasteiger partial charge on any atom is -0.484 e. The van der Waals surface area contributed by atoms with Crippen LogP contribution in [0.4, 0.5) is 0 Å². The van der Waals surface area contributed by atoms with Crippen LogP contribution >= 0.6 is 12.4 Å². The number of carbonyl (C=O) groups excluding carboxylic acids is 1. The Hall–Kier alpha value is -2.04. The zero-order valence-corrected chi connectivity index (χ0v) is 13.9. The maximum Gasteiger partial charge on any atom is 0.260 e. The smallest absolute Gasteiger partial charge is 0.260 e. The molecule has 2 rings (SSSR count). The number of rotatable bonds is 8. The molecule has 0 unspecified atom stereocenters. The Morgan fingerprint density at radius 1 is 0.957 bits per heavy atom. The molecule has 0 aliphatic heterocycles. The monoisotopic (exact) mass is 334 g/mol. The number of nitrogens with zero attached hydrogens (tertiary/aromatic N) is 1. The van der Waals surface area contributed by atoms with Gasteiger partial charge in [-0.15, -0.1) is 12.4 Å². The van der Waals surface area contributed by atoms with Crippen molar-refractivity contribution in [3.05, 3.63) is 66.2 Å². The SMILES string of the molecule is Cl.NCCN(CCc1ccccc1)C(=O)COc1ccccc1. The minimum atomic E-state index is -0.0368. The predicted octanol–water partition coefficient (Wildman–Crippen LogP) is 2.52. The molecular formula is C18H23ClN2O2. The summed E-state index contributed by atoms with van der Waals surface area (Å²) < 4.78 is 5.52. The normalized spacial score (nSPS) is 9.78. The Morgan fingerprint density at radius 3 is 2.17 bits per heavy atom. The first-order valence-corrected chi connectivity index (χ1v) is 7.49. The van der Waals surface area contributed by atoms with Crippen molar-refractivity contribution in [1.29, 1.82) is 0 Å². The van der Waals surface area contributed by atoms with Gasteiger partial charge in [0.05, 0.1) is 0 Å². The largest absolute Gasteiger partial charge is 0.484 e. The third-order valence-electron chi connectivity index (χ3n) is 3.37. The van der Waals surface area contributed by atoms with Gasteiger partial charge in [0.2, 0.25) is 0 Å². The molecule has 0 bridgehead atoms. The summed E-state index contributed by atoms with van der Waals surface area (Å²) in [6.07, 6.45) is 0.817. The van der Waals surface area contributed by atoms with Gasteiger partial charge in [-0.05, 0) is 24.1 Å². The lowest BCUT2D eigenvalue weighted by Crippen LogP contribution is -2.39. The van der Waals surface area contributed by atoms with Gasteiger partial charge in [-0.1, -0.05) is 48.5 Å². The summed E-state index contributed by atoms with van der Waals surface area (Å²) in [5.41, 5.74) is 6.82.